The largest absolute Gasteiger partial charge is 0.343 e. The molecule has 1 aliphatic rings. The molecule has 1 heterocycles. The third kappa shape index (κ3) is 4.50. The Kier molecular flexibility index (Phi) is 6.30. The van der Waals surface area contributed by atoms with Gasteiger partial charge in [0.15, 0.2) is 0 Å². The van der Waals surface area contributed by atoms with Gasteiger partial charge in [-0.1, -0.05) is 12.1 Å². The summed E-state index contributed by atoms with van der Waals surface area (Å²) in [4.78, 5) is 17.9. The maximum absolute atomic E-state index is 14.1. The average molecular weight is 401 g/mol. The number of benzene rings is 1. The minimum Gasteiger partial charge on any atom is -0.343 e. The molecule has 1 aromatic heterocycles. The number of nitriles is 1. The molecule has 0 bridgehead atoms. The van der Waals surface area contributed by atoms with Crippen LogP contribution in [0.5, 0.6) is 0 Å². The molecule has 1 amide bonds. The van der Waals surface area contributed by atoms with Crippen molar-refractivity contribution in [3.8, 4) is 17.2 Å². The van der Waals surface area contributed by atoms with Gasteiger partial charge >= 0.3 is 0 Å². The number of rotatable bonds is 5. The fourth-order valence-electron chi connectivity index (χ4n) is 3.78. The van der Waals surface area contributed by atoms with Crippen molar-refractivity contribution in [1.82, 2.24) is 10.3 Å². The van der Waals surface area contributed by atoms with E-state index >= 15 is 0 Å². The third-order valence-electron chi connectivity index (χ3n) is 5.16. The third-order valence-corrected chi connectivity index (χ3v) is 5.90. The van der Waals surface area contributed by atoms with Gasteiger partial charge in [0.25, 0.3) is 0 Å². The molecule has 1 fully saturated rings. The molecule has 0 saturated heterocycles. The number of nitrogens with zero attached hydrogens (tertiary/aromatic N) is 2. The van der Waals surface area contributed by atoms with Crippen LogP contribution in [0.2, 0.25) is 0 Å². The number of aromatic nitrogens is 1. The minimum atomic E-state index is -2.88. The lowest BCUT2D eigenvalue weighted by Crippen LogP contribution is -2.41. The number of amides is 1. The maximum Gasteiger partial charge on any atom is 0.249 e. The number of hydrogen-bond donors (Lipinski definition) is 1. The number of carbonyl (C=O) groups is 1. The van der Waals surface area contributed by atoms with Crippen LogP contribution in [-0.2, 0) is 4.79 Å². The van der Waals surface area contributed by atoms with Gasteiger partial charge in [0, 0.05) is 35.7 Å². The van der Waals surface area contributed by atoms with E-state index in [1.165, 1.54) is 0 Å². The lowest BCUT2D eigenvalue weighted by atomic mass is 9.72. The molecule has 1 aromatic carbocycles. The van der Waals surface area contributed by atoms with Gasteiger partial charge in [-0.3, -0.25) is 9.78 Å². The van der Waals surface area contributed by atoms with E-state index in [9.17, 15) is 13.6 Å². The highest BCUT2D eigenvalue weighted by Gasteiger charge is 2.45. The molecule has 3 rings (SSSR count). The first-order chi connectivity index (χ1) is 13.4. The number of alkyl halides is 2. The van der Waals surface area contributed by atoms with Crippen LogP contribution >= 0.6 is 11.8 Å². The van der Waals surface area contributed by atoms with Crippen molar-refractivity contribution in [3.05, 3.63) is 48.3 Å². The van der Waals surface area contributed by atoms with Gasteiger partial charge in [-0.15, -0.1) is 11.8 Å². The zero-order valence-electron chi connectivity index (χ0n) is 15.5. The molecule has 0 radical (unpaired) electrons. The molecule has 7 heteroatoms. The van der Waals surface area contributed by atoms with Gasteiger partial charge in [0.05, 0.1) is 12.0 Å². The quantitative estimate of drug-likeness (QED) is 0.586. The van der Waals surface area contributed by atoms with E-state index in [-0.39, 0.29) is 25.3 Å². The fraction of sp³-hybridized carbons (Fsp3) is 0.381. The molecule has 2 unspecified atom stereocenters. The number of halogens is 2. The highest BCUT2D eigenvalue weighted by Crippen LogP contribution is 2.47. The second kappa shape index (κ2) is 8.70. The summed E-state index contributed by atoms with van der Waals surface area (Å²) in [7, 11) is 0. The summed E-state index contributed by atoms with van der Waals surface area (Å²) in [5, 5.41) is 11.2. The van der Waals surface area contributed by atoms with Crippen molar-refractivity contribution in [3.63, 3.8) is 0 Å². The Hall–Kier alpha value is -2.46. The minimum absolute atomic E-state index is 0.188. The van der Waals surface area contributed by atoms with Crippen LogP contribution in [0.1, 0.15) is 30.7 Å². The number of thioether (sulfide) groups is 1. The molecule has 4 nitrogen and oxygen atoms in total. The molecule has 28 heavy (non-hydrogen) atoms. The number of pyridine rings is 1. The van der Waals surface area contributed by atoms with Crippen molar-refractivity contribution < 1.29 is 13.6 Å². The van der Waals surface area contributed by atoms with Crippen LogP contribution in [0.3, 0.4) is 0 Å². The second-order valence-corrected chi connectivity index (χ2v) is 7.76. The Morgan fingerprint density at radius 1 is 1.36 bits per heavy atom. The monoisotopic (exact) mass is 401 g/mol. The van der Waals surface area contributed by atoms with Crippen LogP contribution in [0.4, 0.5) is 8.78 Å². The molecule has 0 spiro atoms. The van der Waals surface area contributed by atoms with Crippen LogP contribution in [-0.4, -0.2) is 29.6 Å². The van der Waals surface area contributed by atoms with Crippen LogP contribution in [0.15, 0.2) is 47.6 Å². The molecule has 1 aliphatic carbocycles. The number of hydrogen-bond acceptors (Lipinski definition) is 4. The molecule has 1 saturated carbocycles. The molecule has 2 aromatic rings. The summed E-state index contributed by atoms with van der Waals surface area (Å²) in [5.74, 6) is -4.61. The van der Waals surface area contributed by atoms with E-state index in [0.717, 1.165) is 21.6 Å². The normalized spacial score (nSPS) is 20.9. The zero-order chi connectivity index (χ0) is 20.1. The van der Waals surface area contributed by atoms with Gasteiger partial charge in [0.1, 0.15) is 6.54 Å². The SMILES string of the molecule is CSc1ccc(-c2cnccc2C2CCC(F)(F)CC2C(=O)NCC#N)cc1. The Morgan fingerprint density at radius 3 is 2.79 bits per heavy atom. The second-order valence-electron chi connectivity index (χ2n) is 6.88. The van der Waals surface area contributed by atoms with Crippen molar-refractivity contribution in [2.75, 3.05) is 12.8 Å². The van der Waals surface area contributed by atoms with E-state index < -0.39 is 24.2 Å². The summed E-state index contributed by atoms with van der Waals surface area (Å²) in [6, 6.07) is 11.6. The summed E-state index contributed by atoms with van der Waals surface area (Å²) in [5.41, 5.74) is 2.64. The smallest absolute Gasteiger partial charge is 0.249 e. The van der Waals surface area contributed by atoms with Gasteiger partial charge in [-0.05, 0) is 47.9 Å². The van der Waals surface area contributed by atoms with Crippen LogP contribution in [0, 0.1) is 17.2 Å². The molecule has 146 valence electrons. The van der Waals surface area contributed by atoms with Crippen LogP contribution < -0.4 is 5.32 Å². The van der Waals surface area contributed by atoms with Crippen molar-refractivity contribution in [1.29, 1.82) is 5.26 Å². The summed E-state index contributed by atoms with van der Waals surface area (Å²) < 4.78 is 28.1. The molecule has 1 N–H and O–H groups in total. The Balaban J connectivity index is 1.98. The predicted molar refractivity (Wildman–Crippen MR) is 105 cm³/mol. The predicted octanol–water partition coefficient (Wildman–Crippen LogP) is 4.63. The molecule has 0 aliphatic heterocycles. The highest BCUT2D eigenvalue weighted by molar-refractivity contribution is 7.98. The van der Waals surface area contributed by atoms with E-state index in [1.54, 1.807) is 24.2 Å². The van der Waals surface area contributed by atoms with Crippen molar-refractivity contribution in [2.24, 2.45) is 5.92 Å². The Labute approximate surface area is 167 Å². The summed E-state index contributed by atoms with van der Waals surface area (Å²) >= 11 is 1.64. The van der Waals surface area contributed by atoms with Gasteiger partial charge < -0.3 is 5.32 Å². The lowest BCUT2D eigenvalue weighted by Gasteiger charge is -2.36. The van der Waals surface area contributed by atoms with Gasteiger partial charge in [-0.25, -0.2) is 8.78 Å². The first-order valence-electron chi connectivity index (χ1n) is 9.06. The maximum atomic E-state index is 14.1. The van der Waals surface area contributed by atoms with Gasteiger partial charge in [0.2, 0.25) is 11.8 Å². The van der Waals surface area contributed by atoms with E-state index in [0.29, 0.717) is 0 Å². The number of carbonyl (C=O) groups excluding carboxylic acids is 1. The Bertz CT molecular complexity index is 880. The summed E-state index contributed by atoms with van der Waals surface area (Å²) in [6.45, 7) is -0.188. The standard InChI is InChI=1S/C21H21F2N3OS/c1-28-15-4-2-14(3-5-15)19-13-25-10-7-17(19)16-6-8-21(22,23)12-18(16)20(27)26-11-9-24/h2-5,7,10,13,16,18H,6,8,11-12H2,1H3,(H,26,27). The lowest BCUT2D eigenvalue weighted by molar-refractivity contribution is -0.133. The topological polar surface area (TPSA) is 65.8 Å². The van der Waals surface area contributed by atoms with Crippen LogP contribution in [0.25, 0.3) is 11.1 Å². The first-order valence-corrected chi connectivity index (χ1v) is 10.3. The first kappa shape index (κ1) is 20.3. The molecule has 2 atom stereocenters. The van der Waals surface area contributed by atoms with Crippen molar-refractivity contribution in [2.45, 2.75) is 36.0 Å². The van der Waals surface area contributed by atoms with E-state index in [4.69, 9.17) is 5.26 Å². The highest BCUT2D eigenvalue weighted by atomic mass is 32.2. The fourth-order valence-corrected chi connectivity index (χ4v) is 4.19. The van der Waals surface area contributed by atoms with E-state index in [2.05, 4.69) is 10.3 Å². The summed E-state index contributed by atoms with van der Waals surface area (Å²) in [6.07, 6.45) is 4.79. The molecular weight excluding hydrogens is 380 g/mol. The Morgan fingerprint density at radius 2 is 2.11 bits per heavy atom. The van der Waals surface area contributed by atoms with E-state index in [1.807, 2.05) is 42.7 Å². The molecular formula is C21H21F2N3OS. The zero-order valence-corrected chi connectivity index (χ0v) is 16.3. The van der Waals surface area contributed by atoms with Gasteiger partial charge in [-0.2, -0.15) is 5.26 Å². The number of nitrogens with one attached hydrogen (secondary N) is 1. The van der Waals surface area contributed by atoms with Crippen molar-refractivity contribution >= 4 is 17.7 Å². The average Bonchev–Trinajstić information content (AvgIpc) is 2.71.